The van der Waals surface area contributed by atoms with Crippen LogP contribution in [0.4, 0.5) is 0 Å². The minimum Gasteiger partial charge on any atom is -0.395 e. The number of rotatable bonds is 5. The third-order valence-electron chi connectivity index (χ3n) is 2.09. The minimum absolute atomic E-state index is 0.0105. The molecule has 1 aromatic rings. The Kier molecular flexibility index (Phi) is 4.77. The topological polar surface area (TPSA) is 53.2 Å². The lowest BCUT2D eigenvalue weighted by molar-refractivity contribution is -0.695. The molecule has 0 saturated carbocycles. The first-order valence-corrected chi connectivity index (χ1v) is 5.05. The van der Waals surface area contributed by atoms with Crippen molar-refractivity contribution in [2.75, 3.05) is 13.2 Å². The number of carbonyl (C=O) groups excluding carboxylic acids is 1. The number of aromatic nitrogens is 1. The molecule has 1 heterocycles. The standard InChI is InChI=1S/C11H16N2O2/c1-10-2-6-13(7-3-10)8-4-11(15)12-5-9-14/h2-3,6-7,14H,4-5,8-9H2,1H3/p+1. The van der Waals surface area contributed by atoms with E-state index in [1.165, 1.54) is 5.56 Å². The summed E-state index contributed by atoms with van der Waals surface area (Å²) in [4.78, 5) is 11.2. The number of aliphatic hydroxyl groups is 1. The largest absolute Gasteiger partial charge is 0.395 e. The summed E-state index contributed by atoms with van der Waals surface area (Å²) in [7, 11) is 0. The van der Waals surface area contributed by atoms with Crippen molar-refractivity contribution in [3.8, 4) is 0 Å². The van der Waals surface area contributed by atoms with Crippen LogP contribution < -0.4 is 9.88 Å². The number of nitrogens with one attached hydrogen (secondary N) is 1. The van der Waals surface area contributed by atoms with Gasteiger partial charge in [0, 0.05) is 18.7 Å². The van der Waals surface area contributed by atoms with Crippen LogP contribution in [0.15, 0.2) is 24.5 Å². The second-order valence-corrected chi connectivity index (χ2v) is 3.44. The highest BCUT2D eigenvalue weighted by Gasteiger charge is 2.05. The third-order valence-corrected chi connectivity index (χ3v) is 2.09. The summed E-state index contributed by atoms with van der Waals surface area (Å²) in [6.07, 6.45) is 4.34. The number of hydrogen-bond acceptors (Lipinski definition) is 2. The van der Waals surface area contributed by atoms with Crippen LogP contribution >= 0.6 is 0 Å². The lowest BCUT2D eigenvalue weighted by atomic mass is 10.3. The van der Waals surface area contributed by atoms with Crippen LogP contribution in [0, 0.1) is 6.92 Å². The van der Waals surface area contributed by atoms with Crippen molar-refractivity contribution in [3.63, 3.8) is 0 Å². The van der Waals surface area contributed by atoms with Crippen molar-refractivity contribution in [1.82, 2.24) is 5.32 Å². The fourth-order valence-corrected chi connectivity index (χ4v) is 1.20. The number of amides is 1. The van der Waals surface area contributed by atoms with E-state index in [-0.39, 0.29) is 12.5 Å². The Labute approximate surface area is 89.6 Å². The molecule has 0 aliphatic carbocycles. The molecule has 0 radical (unpaired) electrons. The zero-order valence-electron chi connectivity index (χ0n) is 8.94. The molecule has 1 amide bonds. The summed E-state index contributed by atoms with van der Waals surface area (Å²) in [6.45, 7) is 3.01. The highest BCUT2D eigenvalue weighted by molar-refractivity contribution is 5.75. The van der Waals surface area contributed by atoms with E-state index in [1.807, 2.05) is 36.0 Å². The van der Waals surface area contributed by atoms with Gasteiger partial charge < -0.3 is 10.4 Å². The number of carbonyl (C=O) groups is 1. The average molecular weight is 209 g/mol. The summed E-state index contributed by atoms with van der Waals surface area (Å²) in [6, 6.07) is 4.01. The highest BCUT2D eigenvalue weighted by atomic mass is 16.3. The summed E-state index contributed by atoms with van der Waals surface area (Å²) in [5.41, 5.74) is 1.20. The van der Waals surface area contributed by atoms with Crippen LogP contribution in [0.25, 0.3) is 0 Å². The van der Waals surface area contributed by atoms with Crippen molar-refractivity contribution in [1.29, 1.82) is 0 Å². The molecule has 0 aliphatic rings. The SMILES string of the molecule is Cc1cc[n+](CCC(=O)NCCO)cc1. The lowest BCUT2D eigenvalue weighted by Crippen LogP contribution is -2.36. The Hall–Kier alpha value is -1.42. The maximum absolute atomic E-state index is 11.2. The van der Waals surface area contributed by atoms with Crippen molar-refractivity contribution in [3.05, 3.63) is 30.1 Å². The quantitative estimate of drug-likeness (QED) is 0.659. The van der Waals surface area contributed by atoms with Gasteiger partial charge in [-0.05, 0) is 12.5 Å². The number of aryl methyl sites for hydroxylation is 2. The molecule has 0 spiro atoms. The molecule has 4 nitrogen and oxygen atoms in total. The van der Waals surface area contributed by atoms with Gasteiger partial charge in [0.15, 0.2) is 18.9 Å². The molecular formula is C11H17N2O2+. The molecular weight excluding hydrogens is 192 g/mol. The van der Waals surface area contributed by atoms with Gasteiger partial charge in [0.25, 0.3) is 0 Å². The smallest absolute Gasteiger partial charge is 0.226 e. The molecule has 0 bridgehead atoms. The van der Waals surface area contributed by atoms with E-state index in [9.17, 15) is 4.79 Å². The molecule has 82 valence electrons. The molecule has 1 aromatic heterocycles. The molecule has 0 fully saturated rings. The second-order valence-electron chi connectivity index (χ2n) is 3.44. The zero-order chi connectivity index (χ0) is 11.1. The predicted molar refractivity (Wildman–Crippen MR) is 56.1 cm³/mol. The normalized spacial score (nSPS) is 10.0. The Balaban J connectivity index is 2.30. The van der Waals surface area contributed by atoms with Gasteiger partial charge in [-0.25, -0.2) is 4.57 Å². The Morgan fingerprint density at radius 3 is 2.73 bits per heavy atom. The minimum atomic E-state index is -0.0304. The van der Waals surface area contributed by atoms with Crippen molar-refractivity contribution in [2.45, 2.75) is 19.9 Å². The molecule has 0 aliphatic heterocycles. The Bertz CT molecular complexity index is 309. The Morgan fingerprint density at radius 2 is 2.13 bits per heavy atom. The lowest BCUT2D eigenvalue weighted by Gasteiger charge is -2.00. The number of nitrogens with zero attached hydrogens (tertiary/aromatic N) is 1. The van der Waals surface area contributed by atoms with E-state index >= 15 is 0 Å². The second kappa shape index (κ2) is 6.14. The molecule has 2 N–H and O–H groups in total. The molecule has 4 heteroatoms. The van der Waals surface area contributed by atoms with Crippen LogP contribution in [0.3, 0.4) is 0 Å². The maximum atomic E-state index is 11.2. The third kappa shape index (κ3) is 4.56. The van der Waals surface area contributed by atoms with Crippen LogP contribution in [0.2, 0.25) is 0 Å². The molecule has 0 saturated heterocycles. The van der Waals surface area contributed by atoms with Gasteiger partial charge >= 0.3 is 0 Å². The van der Waals surface area contributed by atoms with E-state index in [0.29, 0.717) is 19.5 Å². The summed E-state index contributed by atoms with van der Waals surface area (Å²) in [5, 5.41) is 11.1. The monoisotopic (exact) mass is 209 g/mol. The van der Waals surface area contributed by atoms with Gasteiger partial charge in [0.05, 0.1) is 13.0 Å². The maximum Gasteiger partial charge on any atom is 0.226 e. The fourth-order valence-electron chi connectivity index (χ4n) is 1.20. The zero-order valence-corrected chi connectivity index (χ0v) is 8.94. The highest BCUT2D eigenvalue weighted by Crippen LogP contribution is 1.90. The first-order chi connectivity index (χ1) is 7.22. The van der Waals surface area contributed by atoms with Crippen molar-refractivity contribution >= 4 is 5.91 Å². The summed E-state index contributed by atoms with van der Waals surface area (Å²) >= 11 is 0. The van der Waals surface area contributed by atoms with E-state index in [2.05, 4.69) is 5.32 Å². The van der Waals surface area contributed by atoms with Gasteiger partial charge in [-0.15, -0.1) is 0 Å². The van der Waals surface area contributed by atoms with E-state index in [4.69, 9.17) is 5.11 Å². The predicted octanol–water partition coefficient (Wildman–Crippen LogP) is -0.219. The molecule has 15 heavy (non-hydrogen) atoms. The van der Waals surface area contributed by atoms with Crippen LogP contribution in [-0.2, 0) is 11.3 Å². The molecule has 0 unspecified atom stereocenters. The van der Waals surface area contributed by atoms with E-state index in [0.717, 1.165) is 0 Å². The van der Waals surface area contributed by atoms with Crippen LogP contribution in [-0.4, -0.2) is 24.2 Å². The van der Waals surface area contributed by atoms with Crippen LogP contribution in [0.1, 0.15) is 12.0 Å². The first kappa shape index (κ1) is 11.7. The number of aliphatic hydroxyl groups excluding tert-OH is 1. The molecule has 1 rings (SSSR count). The van der Waals surface area contributed by atoms with Gasteiger partial charge in [0.2, 0.25) is 5.91 Å². The Morgan fingerprint density at radius 1 is 1.47 bits per heavy atom. The summed E-state index contributed by atoms with van der Waals surface area (Å²) < 4.78 is 1.96. The van der Waals surface area contributed by atoms with Crippen molar-refractivity contribution < 1.29 is 14.5 Å². The van der Waals surface area contributed by atoms with Gasteiger partial charge in [0.1, 0.15) is 0 Å². The summed E-state index contributed by atoms with van der Waals surface area (Å²) in [5.74, 6) is -0.0304. The van der Waals surface area contributed by atoms with Gasteiger partial charge in [-0.1, -0.05) is 0 Å². The number of hydrogen-bond donors (Lipinski definition) is 2. The van der Waals surface area contributed by atoms with Gasteiger partial charge in [-0.3, -0.25) is 4.79 Å². The van der Waals surface area contributed by atoms with E-state index in [1.54, 1.807) is 0 Å². The first-order valence-electron chi connectivity index (χ1n) is 5.05. The van der Waals surface area contributed by atoms with Gasteiger partial charge in [-0.2, -0.15) is 0 Å². The number of pyridine rings is 1. The molecule has 0 atom stereocenters. The van der Waals surface area contributed by atoms with Crippen molar-refractivity contribution in [2.24, 2.45) is 0 Å². The van der Waals surface area contributed by atoms with Crippen LogP contribution in [0.5, 0.6) is 0 Å². The molecule has 0 aromatic carbocycles. The van der Waals surface area contributed by atoms with E-state index < -0.39 is 0 Å². The average Bonchev–Trinajstić information content (AvgIpc) is 2.25. The fraction of sp³-hybridized carbons (Fsp3) is 0.455.